The number of aryl methyl sites for hydroxylation is 1. The molecule has 16 heavy (non-hydrogen) atoms. The maximum atomic E-state index is 10.9. The first-order chi connectivity index (χ1) is 7.61. The van der Waals surface area contributed by atoms with Crippen LogP contribution in [0.4, 0.5) is 0 Å². The van der Waals surface area contributed by atoms with Crippen LogP contribution in [0, 0.1) is 0 Å². The highest BCUT2D eigenvalue weighted by Gasteiger charge is 2.14. The molecule has 84 valence electrons. The zero-order chi connectivity index (χ0) is 11.7. The summed E-state index contributed by atoms with van der Waals surface area (Å²) >= 11 is 0. The van der Waals surface area contributed by atoms with Crippen LogP contribution in [0.1, 0.15) is 31.2 Å². The summed E-state index contributed by atoms with van der Waals surface area (Å²) in [7, 11) is 0. The number of fused-ring (bicyclic) bond motifs is 1. The van der Waals surface area contributed by atoms with E-state index >= 15 is 0 Å². The number of nitrogens with zero attached hydrogens (tertiary/aromatic N) is 3. The fourth-order valence-electron chi connectivity index (χ4n) is 1.49. The van der Waals surface area contributed by atoms with E-state index in [1.54, 1.807) is 29.8 Å². The summed E-state index contributed by atoms with van der Waals surface area (Å²) in [4.78, 5) is 15.1. The van der Waals surface area contributed by atoms with Gasteiger partial charge in [-0.05, 0) is 18.6 Å². The van der Waals surface area contributed by atoms with E-state index in [-0.39, 0.29) is 0 Å². The predicted octanol–water partition coefficient (Wildman–Crippen LogP) is 1.48. The molecule has 0 spiro atoms. The summed E-state index contributed by atoms with van der Waals surface area (Å²) in [6.45, 7) is 3.64. The van der Waals surface area contributed by atoms with Crippen LogP contribution < -0.4 is 0 Å². The van der Waals surface area contributed by atoms with Gasteiger partial charge < -0.3 is 5.11 Å². The molecular formula is C11H13N3O2. The number of hydrogen-bond acceptors (Lipinski definition) is 3. The Hall–Kier alpha value is -1.91. The number of hydrogen-bond donors (Lipinski definition) is 1. The largest absolute Gasteiger partial charge is 0.481 e. The summed E-state index contributed by atoms with van der Waals surface area (Å²) in [5, 5.41) is 13.2. The van der Waals surface area contributed by atoms with Crippen molar-refractivity contribution < 1.29 is 9.90 Å². The van der Waals surface area contributed by atoms with Crippen LogP contribution in [0.15, 0.2) is 18.3 Å². The highest BCUT2D eigenvalue weighted by molar-refractivity contribution is 5.75. The zero-order valence-electron chi connectivity index (χ0n) is 9.21. The Morgan fingerprint density at radius 1 is 1.56 bits per heavy atom. The molecule has 0 amide bonds. The Kier molecular flexibility index (Phi) is 2.60. The minimum absolute atomic E-state index is 0.529. The van der Waals surface area contributed by atoms with E-state index in [9.17, 15) is 4.79 Å². The third-order valence-corrected chi connectivity index (χ3v) is 2.58. The van der Waals surface area contributed by atoms with Crippen molar-refractivity contribution in [2.45, 2.75) is 26.2 Å². The second-order valence-corrected chi connectivity index (χ2v) is 3.71. The van der Waals surface area contributed by atoms with Crippen molar-refractivity contribution in [1.29, 1.82) is 0 Å². The lowest BCUT2D eigenvalue weighted by Gasteiger charge is -2.05. The Morgan fingerprint density at radius 2 is 2.31 bits per heavy atom. The molecule has 0 saturated heterocycles. The molecule has 2 aromatic rings. The number of carboxylic acid groups (broad SMARTS) is 1. The molecule has 0 aliphatic rings. The molecule has 0 saturated carbocycles. The summed E-state index contributed by atoms with van der Waals surface area (Å²) in [6, 6.07) is 3.57. The van der Waals surface area contributed by atoms with Gasteiger partial charge in [0.25, 0.3) is 0 Å². The molecular weight excluding hydrogens is 206 g/mol. The monoisotopic (exact) mass is 219 g/mol. The summed E-state index contributed by atoms with van der Waals surface area (Å²) in [5.74, 6) is -0.603. The molecule has 1 N–H and O–H groups in total. The minimum atomic E-state index is -0.838. The Labute approximate surface area is 92.7 Å². The summed E-state index contributed by atoms with van der Waals surface area (Å²) < 4.78 is 1.63. The molecule has 0 aromatic carbocycles. The van der Waals surface area contributed by atoms with Gasteiger partial charge in [-0.1, -0.05) is 13.0 Å². The molecule has 5 heteroatoms. The third kappa shape index (κ3) is 1.76. The Balaban J connectivity index is 2.46. The molecule has 1 unspecified atom stereocenters. The van der Waals surface area contributed by atoms with Crippen molar-refractivity contribution in [3.8, 4) is 0 Å². The Bertz CT molecular complexity index is 533. The first-order valence-corrected chi connectivity index (χ1v) is 5.20. The number of aliphatic carboxylic acids is 1. The molecule has 2 heterocycles. The lowest BCUT2D eigenvalue weighted by atomic mass is 10.0. The first kappa shape index (κ1) is 10.6. The van der Waals surface area contributed by atoms with Crippen molar-refractivity contribution in [1.82, 2.24) is 14.6 Å². The van der Waals surface area contributed by atoms with Gasteiger partial charge in [0.1, 0.15) is 0 Å². The molecule has 0 aliphatic carbocycles. The third-order valence-electron chi connectivity index (χ3n) is 2.58. The molecule has 0 radical (unpaired) electrons. The maximum absolute atomic E-state index is 10.9. The highest BCUT2D eigenvalue weighted by atomic mass is 16.4. The fourth-order valence-corrected chi connectivity index (χ4v) is 1.49. The van der Waals surface area contributed by atoms with Gasteiger partial charge in [-0.3, -0.25) is 4.79 Å². The van der Waals surface area contributed by atoms with Gasteiger partial charge in [0.15, 0.2) is 11.5 Å². The lowest BCUT2D eigenvalue weighted by molar-refractivity contribution is -0.138. The highest BCUT2D eigenvalue weighted by Crippen LogP contribution is 2.15. The van der Waals surface area contributed by atoms with Crippen LogP contribution in [0.2, 0.25) is 0 Å². The van der Waals surface area contributed by atoms with Gasteiger partial charge in [0.2, 0.25) is 0 Å². The molecule has 1 atom stereocenters. The number of pyridine rings is 1. The second-order valence-electron chi connectivity index (χ2n) is 3.71. The van der Waals surface area contributed by atoms with Gasteiger partial charge in [0.05, 0.1) is 5.92 Å². The van der Waals surface area contributed by atoms with Gasteiger partial charge in [-0.25, -0.2) is 9.50 Å². The predicted molar refractivity (Wildman–Crippen MR) is 58.4 cm³/mol. The van der Waals surface area contributed by atoms with E-state index in [4.69, 9.17) is 5.11 Å². The molecule has 0 aliphatic heterocycles. The van der Waals surface area contributed by atoms with Gasteiger partial charge >= 0.3 is 5.97 Å². The van der Waals surface area contributed by atoms with Crippen LogP contribution in [-0.2, 0) is 11.2 Å². The number of rotatable bonds is 3. The molecule has 0 bridgehead atoms. The number of carbonyl (C=O) groups is 1. The Morgan fingerprint density at radius 3 is 2.94 bits per heavy atom. The average Bonchev–Trinajstić information content (AvgIpc) is 2.69. The minimum Gasteiger partial charge on any atom is -0.481 e. The SMILES string of the molecule is CCc1nc2ccc(C(C)C(=O)O)cn2n1. The van der Waals surface area contributed by atoms with Crippen molar-refractivity contribution in [2.24, 2.45) is 0 Å². The quantitative estimate of drug-likeness (QED) is 0.849. The van der Waals surface area contributed by atoms with Crippen LogP contribution >= 0.6 is 0 Å². The second kappa shape index (κ2) is 3.92. The van der Waals surface area contributed by atoms with Gasteiger partial charge in [-0.15, -0.1) is 0 Å². The molecule has 0 fully saturated rings. The average molecular weight is 219 g/mol. The molecule has 2 rings (SSSR count). The van der Waals surface area contributed by atoms with E-state index in [1.165, 1.54) is 0 Å². The fraction of sp³-hybridized carbons (Fsp3) is 0.364. The normalized spacial score (nSPS) is 12.9. The molecule has 5 nitrogen and oxygen atoms in total. The van der Waals surface area contributed by atoms with Gasteiger partial charge in [0, 0.05) is 12.6 Å². The maximum Gasteiger partial charge on any atom is 0.310 e. The van der Waals surface area contributed by atoms with Crippen LogP contribution in [-0.4, -0.2) is 25.7 Å². The summed E-state index contributed by atoms with van der Waals surface area (Å²) in [6.07, 6.45) is 2.49. The van der Waals surface area contributed by atoms with E-state index in [2.05, 4.69) is 10.1 Å². The van der Waals surface area contributed by atoms with Crippen molar-refractivity contribution in [2.75, 3.05) is 0 Å². The van der Waals surface area contributed by atoms with E-state index in [0.29, 0.717) is 0 Å². The topological polar surface area (TPSA) is 67.5 Å². The smallest absolute Gasteiger partial charge is 0.310 e. The van der Waals surface area contributed by atoms with E-state index in [1.807, 2.05) is 6.92 Å². The van der Waals surface area contributed by atoms with E-state index < -0.39 is 11.9 Å². The standard InChI is InChI=1S/C11H13N3O2/c1-3-9-12-10-5-4-8(6-14(10)13-9)7(2)11(15)16/h4-7H,3H2,1-2H3,(H,15,16). The van der Waals surface area contributed by atoms with Crippen molar-refractivity contribution in [3.05, 3.63) is 29.7 Å². The van der Waals surface area contributed by atoms with Crippen molar-refractivity contribution in [3.63, 3.8) is 0 Å². The first-order valence-electron chi connectivity index (χ1n) is 5.20. The lowest BCUT2D eigenvalue weighted by Crippen LogP contribution is -2.08. The number of aromatic nitrogens is 3. The van der Waals surface area contributed by atoms with E-state index in [0.717, 1.165) is 23.5 Å². The van der Waals surface area contributed by atoms with Crippen LogP contribution in [0.5, 0.6) is 0 Å². The van der Waals surface area contributed by atoms with Crippen LogP contribution in [0.25, 0.3) is 5.65 Å². The van der Waals surface area contributed by atoms with Crippen molar-refractivity contribution >= 4 is 11.6 Å². The zero-order valence-corrected chi connectivity index (χ0v) is 9.21. The van der Waals surface area contributed by atoms with Gasteiger partial charge in [-0.2, -0.15) is 5.10 Å². The number of carboxylic acids is 1. The van der Waals surface area contributed by atoms with Crippen LogP contribution in [0.3, 0.4) is 0 Å². The molecule has 2 aromatic heterocycles. The summed E-state index contributed by atoms with van der Waals surface area (Å²) in [5.41, 5.74) is 1.48.